The van der Waals surface area contributed by atoms with Crippen LogP contribution in [0.3, 0.4) is 0 Å². The van der Waals surface area contributed by atoms with Crippen molar-refractivity contribution in [2.24, 2.45) is 11.0 Å². The number of rotatable bonds is 4. The molecular formula is C17H15ClN2O. The Morgan fingerprint density at radius 3 is 2.57 bits per heavy atom. The molecular weight excluding hydrogens is 284 g/mol. The van der Waals surface area contributed by atoms with Gasteiger partial charge in [0.15, 0.2) is 0 Å². The zero-order chi connectivity index (χ0) is 14.7. The fourth-order valence-electron chi connectivity index (χ4n) is 2.36. The van der Waals surface area contributed by atoms with Gasteiger partial charge in [-0.15, -0.1) is 0 Å². The van der Waals surface area contributed by atoms with Crippen LogP contribution in [0.15, 0.2) is 59.7 Å². The Morgan fingerprint density at radius 2 is 1.86 bits per heavy atom. The number of nitrogens with zero attached hydrogens (tertiary/aromatic N) is 1. The molecule has 0 aliphatic heterocycles. The Balaban J connectivity index is 1.53. The summed E-state index contributed by atoms with van der Waals surface area (Å²) in [6, 6.07) is 17.4. The van der Waals surface area contributed by atoms with E-state index in [1.165, 1.54) is 5.56 Å². The number of nitrogens with one attached hydrogen (secondary N) is 1. The van der Waals surface area contributed by atoms with Gasteiger partial charge >= 0.3 is 0 Å². The molecule has 0 radical (unpaired) electrons. The molecule has 3 nitrogen and oxygen atoms in total. The van der Waals surface area contributed by atoms with E-state index >= 15 is 0 Å². The average Bonchev–Trinajstić information content (AvgIpc) is 3.31. The van der Waals surface area contributed by atoms with Crippen molar-refractivity contribution in [2.45, 2.75) is 12.3 Å². The molecule has 2 atom stereocenters. The SMILES string of the molecule is O=C(N/N=C\c1ccc(Cl)cc1)[C@@H]1C[C@H]1c1ccccc1. The highest BCUT2D eigenvalue weighted by Gasteiger charge is 2.43. The van der Waals surface area contributed by atoms with Crippen molar-refractivity contribution in [2.75, 3.05) is 0 Å². The Kier molecular flexibility index (Phi) is 4.02. The number of amides is 1. The molecule has 21 heavy (non-hydrogen) atoms. The lowest BCUT2D eigenvalue weighted by molar-refractivity contribution is -0.122. The van der Waals surface area contributed by atoms with E-state index in [2.05, 4.69) is 22.7 Å². The number of hydrogen-bond donors (Lipinski definition) is 1. The monoisotopic (exact) mass is 298 g/mol. The molecule has 4 heteroatoms. The van der Waals surface area contributed by atoms with Gasteiger partial charge in [-0.2, -0.15) is 5.10 Å². The van der Waals surface area contributed by atoms with Gasteiger partial charge in [0, 0.05) is 10.9 Å². The largest absolute Gasteiger partial charge is 0.273 e. The van der Waals surface area contributed by atoms with Crippen LogP contribution in [0.2, 0.25) is 5.02 Å². The Labute approximate surface area is 128 Å². The van der Waals surface area contributed by atoms with E-state index in [0.29, 0.717) is 10.9 Å². The number of carbonyl (C=O) groups excluding carboxylic acids is 1. The molecule has 0 aromatic heterocycles. The highest BCUT2D eigenvalue weighted by Crippen LogP contribution is 2.47. The number of hydrazone groups is 1. The molecule has 1 fully saturated rings. The van der Waals surface area contributed by atoms with Crippen LogP contribution in [0.4, 0.5) is 0 Å². The molecule has 0 saturated heterocycles. The molecule has 1 aliphatic carbocycles. The second-order valence-electron chi connectivity index (χ2n) is 5.15. The van der Waals surface area contributed by atoms with Gasteiger partial charge in [0.05, 0.1) is 6.21 Å². The molecule has 0 heterocycles. The molecule has 106 valence electrons. The first kappa shape index (κ1) is 13.8. The van der Waals surface area contributed by atoms with Gasteiger partial charge in [-0.1, -0.05) is 54.1 Å². The number of benzene rings is 2. The first-order valence-corrected chi connectivity index (χ1v) is 7.25. The van der Waals surface area contributed by atoms with Gasteiger partial charge < -0.3 is 0 Å². The number of hydrogen-bond acceptors (Lipinski definition) is 2. The van der Waals surface area contributed by atoms with E-state index in [9.17, 15) is 4.79 Å². The van der Waals surface area contributed by atoms with Crippen molar-refractivity contribution in [3.63, 3.8) is 0 Å². The van der Waals surface area contributed by atoms with E-state index in [4.69, 9.17) is 11.6 Å². The molecule has 1 aliphatic rings. The minimum atomic E-state index is -0.0194. The zero-order valence-corrected chi connectivity index (χ0v) is 12.1. The molecule has 2 aromatic carbocycles. The number of carbonyl (C=O) groups is 1. The summed E-state index contributed by atoms with van der Waals surface area (Å²) in [6.45, 7) is 0. The predicted molar refractivity (Wildman–Crippen MR) is 84.5 cm³/mol. The third-order valence-electron chi connectivity index (χ3n) is 3.61. The topological polar surface area (TPSA) is 41.5 Å². The maximum absolute atomic E-state index is 12.0. The summed E-state index contributed by atoms with van der Waals surface area (Å²) in [5.41, 5.74) is 4.72. The van der Waals surface area contributed by atoms with E-state index in [0.717, 1.165) is 12.0 Å². The van der Waals surface area contributed by atoms with Gasteiger partial charge in [0.1, 0.15) is 0 Å². The average molecular weight is 299 g/mol. The lowest BCUT2D eigenvalue weighted by atomic mass is 10.1. The molecule has 1 saturated carbocycles. The summed E-state index contributed by atoms with van der Waals surface area (Å²) in [5.74, 6) is 0.348. The highest BCUT2D eigenvalue weighted by molar-refractivity contribution is 6.30. The maximum atomic E-state index is 12.0. The standard InChI is InChI=1S/C17H15ClN2O/c18-14-8-6-12(7-9-14)11-19-20-17(21)16-10-15(16)13-4-2-1-3-5-13/h1-9,11,15-16H,10H2,(H,20,21)/b19-11-/t15-,16+/m0/s1. The smallest absolute Gasteiger partial charge is 0.243 e. The second kappa shape index (κ2) is 6.10. The van der Waals surface area contributed by atoms with Crippen LogP contribution in [0.5, 0.6) is 0 Å². The molecule has 1 amide bonds. The van der Waals surface area contributed by atoms with Crippen LogP contribution in [0.1, 0.15) is 23.5 Å². The molecule has 3 rings (SSSR count). The van der Waals surface area contributed by atoms with Crippen LogP contribution < -0.4 is 5.43 Å². The molecule has 1 N–H and O–H groups in total. The summed E-state index contributed by atoms with van der Waals surface area (Å²) in [5, 5.41) is 4.67. The fourth-order valence-corrected chi connectivity index (χ4v) is 2.48. The van der Waals surface area contributed by atoms with Crippen molar-refractivity contribution in [1.82, 2.24) is 5.43 Å². The fraction of sp³-hybridized carbons (Fsp3) is 0.176. The van der Waals surface area contributed by atoms with E-state index in [-0.39, 0.29) is 11.8 Å². The third-order valence-corrected chi connectivity index (χ3v) is 3.87. The summed E-state index contributed by atoms with van der Waals surface area (Å²) in [7, 11) is 0. The Bertz CT molecular complexity index is 652. The summed E-state index contributed by atoms with van der Waals surface area (Å²) in [4.78, 5) is 12.0. The van der Waals surface area contributed by atoms with Gasteiger partial charge in [-0.3, -0.25) is 4.79 Å². The predicted octanol–water partition coefficient (Wildman–Crippen LogP) is 3.59. The van der Waals surface area contributed by atoms with Crippen LogP contribution in [0, 0.1) is 5.92 Å². The van der Waals surface area contributed by atoms with Crippen molar-refractivity contribution >= 4 is 23.7 Å². The summed E-state index contributed by atoms with van der Waals surface area (Å²) < 4.78 is 0. The van der Waals surface area contributed by atoms with Gasteiger partial charge in [-0.05, 0) is 35.6 Å². The molecule has 0 spiro atoms. The maximum Gasteiger partial charge on any atom is 0.243 e. The van der Waals surface area contributed by atoms with Crippen molar-refractivity contribution in [3.05, 3.63) is 70.7 Å². The molecule has 2 aromatic rings. The van der Waals surface area contributed by atoms with Crippen molar-refractivity contribution < 1.29 is 4.79 Å². The zero-order valence-electron chi connectivity index (χ0n) is 11.4. The van der Waals surface area contributed by atoms with Crippen molar-refractivity contribution in [1.29, 1.82) is 0 Å². The first-order chi connectivity index (χ1) is 10.2. The van der Waals surface area contributed by atoms with E-state index in [1.807, 2.05) is 30.3 Å². The summed E-state index contributed by atoms with van der Waals surface area (Å²) in [6.07, 6.45) is 2.51. The molecule has 0 bridgehead atoms. The Morgan fingerprint density at radius 1 is 1.14 bits per heavy atom. The normalized spacial score (nSPS) is 20.4. The highest BCUT2D eigenvalue weighted by atomic mass is 35.5. The minimum absolute atomic E-state index is 0.0194. The lowest BCUT2D eigenvalue weighted by Gasteiger charge is -2.00. The first-order valence-electron chi connectivity index (χ1n) is 6.87. The quantitative estimate of drug-likeness (QED) is 0.680. The number of halogens is 1. The molecule has 0 unspecified atom stereocenters. The van der Waals surface area contributed by atoms with Crippen LogP contribution in [0.25, 0.3) is 0 Å². The van der Waals surface area contributed by atoms with Crippen LogP contribution >= 0.6 is 11.6 Å². The van der Waals surface area contributed by atoms with Gasteiger partial charge in [-0.25, -0.2) is 5.43 Å². The van der Waals surface area contributed by atoms with Crippen LogP contribution in [-0.2, 0) is 4.79 Å². The van der Waals surface area contributed by atoms with Gasteiger partial charge in [0.25, 0.3) is 0 Å². The summed E-state index contributed by atoms with van der Waals surface area (Å²) >= 11 is 5.81. The van der Waals surface area contributed by atoms with Crippen molar-refractivity contribution in [3.8, 4) is 0 Å². The minimum Gasteiger partial charge on any atom is -0.273 e. The second-order valence-corrected chi connectivity index (χ2v) is 5.58. The Hall–Kier alpha value is -2.13. The van der Waals surface area contributed by atoms with Crippen LogP contribution in [-0.4, -0.2) is 12.1 Å². The third kappa shape index (κ3) is 3.50. The van der Waals surface area contributed by atoms with E-state index in [1.54, 1.807) is 18.3 Å². The van der Waals surface area contributed by atoms with Gasteiger partial charge in [0.2, 0.25) is 5.91 Å². The van der Waals surface area contributed by atoms with E-state index < -0.39 is 0 Å². The lowest BCUT2D eigenvalue weighted by Crippen LogP contribution is -2.20.